The van der Waals surface area contributed by atoms with Gasteiger partial charge in [0.25, 0.3) is 0 Å². The molecule has 0 fully saturated rings. The predicted octanol–water partition coefficient (Wildman–Crippen LogP) is 5.20. The molecule has 0 aliphatic carbocycles. The number of halogens is 3. The van der Waals surface area contributed by atoms with Crippen molar-refractivity contribution in [1.82, 2.24) is 0 Å². The van der Waals surface area contributed by atoms with Crippen molar-refractivity contribution < 1.29 is 4.79 Å². The Bertz CT molecular complexity index is 632. The first-order valence-corrected chi connectivity index (χ1v) is 7.84. The Labute approximate surface area is 141 Å². The van der Waals surface area contributed by atoms with E-state index in [2.05, 4.69) is 26.6 Å². The summed E-state index contributed by atoms with van der Waals surface area (Å²) < 4.78 is 0.972. The van der Waals surface area contributed by atoms with Gasteiger partial charge in [-0.3, -0.25) is 4.79 Å². The molecule has 0 saturated heterocycles. The standard InChI is InChI=1S/C15H13BrCl2N2O/c16-10-1-4-12(5-2-10)20-15(21)7-8-19-14-6-3-11(17)9-13(14)18/h1-6,9,19H,7-8H2,(H,20,21). The summed E-state index contributed by atoms with van der Waals surface area (Å²) in [4.78, 5) is 11.8. The van der Waals surface area contributed by atoms with Crippen molar-refractivity contribution >= 4 is 56.4 Å². The van der Waals surface area contributed by atoms with E-state index in [9.17, 15) is 4.79 Å². The molecule has 0 heterocycles. The number of hydrogen-bond donors (Lipinski definition) is 2. The molecule has 2 rings (SSSR count). The Kier molecular flexibility index (Phi) is 5.91. The van der Waals surface area contributed by atoms with Gasteiger partial charge in [-0.05, 0) is 42.5 Å². The van der Waals surface area contributed by atoms with Gasteiger partial charge in [-0.1, -0.05) is 39.1 Å². The first-order valence-electron chi connectivity index (χ1n) is 6.29. The second-order valence-corrected chi connectivity index (χ2v) is 6.12. The van der Waals surface area contributed by atoms with E-state index in [1.54, 1.807) is 18.2 Å². The van der Waals surface area contributed by atoms with Crippen molar-refractivity contribution in [1.29, 1.82) is 0 Å². The minimum Gasteiger partial charge on any atom is -0.383 e. The highest BCUT2D eigenvalue weighted by molar-refractivity contribution is 9.10. The SMILES string of the molecule is O=C(CCNc1ccc(Cl)cc1Cl)Nc1ccc(Br)cc1. The van der Waals surface area contributed by atoms with Gasteiger partial charge in [0.2, 0.25) is 5.91 Å². The van der Waals surface area contributed by atoms with E-state index in [-0.39, 0.29) is 5.91 Å². The highest BCUT2D eigenvalue weighted by Crippen LogP contribution is 2.25. The van der Waals surface area contributed by atoms with E-state index in [1.807, 2.05) is 24.3 Å². The Hall–Kier alpha value is -1.23. The van der Waals surface area contributed by atoms with Crippen LogP contribution in [0.2, 0.25) is 10.0 Å². The summed E-state index contributed by atoms with van der Waals surface area (Å²) in [7, 11) is 0. The molecule has 0 saturated carbocycles. The lowest BCUT2D eigenvalue weighted by atomic mass is 10.3. The molecule has 1 amide bonds. The number of nitrogens with one attached hydrogen (secondary N) is 2. The molecule has 0 radical (unpaired) electrons. The average molecular weight is 388 g/mol. The number of amides is 1. The number of rotatable bonds is 5. The van der Waals surface area contributed by atoms with Gasteiger partial charge in [0.1, 0.15) is 0 Å². The van der Waals surface area contributed by atoms with Crippen LogP contribution in [-0.4, -0.2) is 12.5 Å². The summed E-state index contributed by atoms with van der Waals surface area (Å²) in [6.45, 7) is 0.490. The maximum Gasteiger partial charge on any atom is 0.226 e. The molecule has 2 aromatic carbocycles. The van der Waals surface area contributed by atoms with Gasteiger partial charge in [-0.15, -0.1) is 0 Å². The fourth-order valence-electron chi connectivity index (χ4n) is 1.70. The van der Waals surface area contributed by atoms with E-state index in [0.717, 1.165) is 15.8 Å². The summed E-state index contributed by atoms with van der Waals surface area (Å²) in [6.07, 6.45) is 0.342. The van der Waals surface area contributed by atoms with Gasteiger partial charge in [0.15, 0.2) is 0 Å². The lowest BCUT2D eigenvalue weighted by Gasteiger charge is -2.09. The first-order chi connectivity index (χ1) is 10.0. The molecule has 110 valence electrons. The highest BCUT2D eigenvalue weighted by atomic mass is 79.9. The third-order valence-corrected chi connectivity index (χ3v) is 3.80. The molecule has 0 aliphatic rings. The second kappa shape index (κ2) is 7.69. The zero-order chi connectivity index (χ0) is 15.2. The second-order valence-electron chi connectivity index (χ2n) is 4.36. The van der Waals surface area contributed by atoms with E-state index in [4.69, 9.17) is 23.2 Å². The quantitative estimate of drug-likeness (QED) is 0.740. The summed E-state index contributed by atoms with van der Waals surface area (Å²) in [5.74, 6) is -0.0603. The molecular formula is C15H13BrCl2N2O. The van der Waals surface area contributed by atoms with E-state index in [1.165, 1.54) is 0 Å². The van der Waals surface area contributed by atoms with Crippen molar-refractivity contribution in [3.63, 3.8) is 0 Å². The van der Waals surface area contributed by atoms with Crippen LogP contribution in [0.5, 0.6) is 0 Å². The molecule has 2 aromatic rings. The number of carbonyl (C=O) groups is 1. The lowest BCUT2D eigenvalue weighted by Crippen LogP contribution is -2.16. The van der Waals surface area contributed by atoms with Crippen molar-refractivity contribution in [3.05, 3.63) is 57.0 Å². The van der Waals surface area contributed by atoms with Crippen molar-refractivity contribution in [2.75, 3.05) is 17.2 Å². The Balaban J connectivity index is 1.80. The van der Waals surface area contributed by atoms with Gasteiger partial charge >= 0.3 is 0 Å². The molecule has 0 aliphatic heterocycles. The van der Waals surface area contributed by atoms with E-state index >= 15 is 0 Å². The number of carbonyl (C=O) groups excluding carboxylic acids is 1. The van der Waals surface area contributed by atoms with Crippen molar-refractivity contribution in [3.8, 4) is 0 Å². The molecule has 0 bridgehead atoms. The first kappa shape index (κ1) is 16.1. The Morgan fingerprint density at radius 2 is 1.81 bits per heavy atom. The zero-order valence-electron chi connectivity index (χ0n) is 11.0. The molecule has 3 nitrogen and oxygen atoms in total. The van der Waals surface area contributed by atoms with Gasteiger partial charge in [0.05, 0.1) is 10.7 Å². The normalized spacial score (nSPS) is 10.2. The third kappa shape index (κ3) is 5.23. The van der Waals surface area contributed by atoms with Crippen LogP contribution in [0.1, 0.15) is 6.42 Å². The van der Waals surface area contributed by atoms with Gasteiger partial charge in [-0.25, -0.2) is 0 Å². The maximum absolute atomic E-state index is 11.8. The van der Waals surface area contributed by atoms with Gasteiger partial charge in [0, 0.05) is 28.1 Å². The number of anilines is 2. The zero-order valence-corrected chi connectivity index (χ0v) is 14.1. The Morgan fingerprint density at radius 1 is 1.10 bits per heavy atom. The highest BCUT2D eigenvalue weighted by Gasteiger charge is 2.04. The van der Waals surface area contributed by atoms with Crippen LogP contribution < -0.4 is 10.6 Å². The monoisotopic (exact) mass is 386 g/mol. The van der Waals surface area contributed by atoms with Crippen LogP contribution in [-0.2, 0) is 4.79 Å². The topological polar surface area (TPSA) is 41.1 Å². The van der Waals surface area contributed by atoms with Crippen LogP contribution in [0.15, 0.2) is 46.9 Å². The predicted molar refractivity (Wildman–Crippen MR) is 92.3 cm³/mol. The minimum atomic E-state index is -0.0603. The Morgan fingerprint density at radius 3 is 2.48 bits per heavy atom. The summed E-state index contributed by atoms with van der Waals surface area (Å²) >= 11 is 15.2. The van der Waals surface area contributed by atoms with Gasteiger partial charge in [-0.2, -0.15) is 0 Å². The summed E-state index contributed by atoms with van der Waals surface area (Å²) in [5.41, 5.74) is 1.53. The molecule has 21 heavy (non-hydrogen) atoms. The summed E-state index contributed by atoms with van der Waals surface area (Å²) in [5, 5.41) is 7.05. The van der Waals surface area contributed by atoms with Crippen molar-refractivity contribution in [2.45, 2.75) is 6.42 Å². The molecule has 0 aromatic heterocycles. The van der Waals surface area contributed by atoms with Crippen LogP contribution >= 0.6 is 39.1 Å². The summed E-state index contributed by atoms with van der Waals surface area (Å²) in [6, 6.07) is 12.6. The van der Waals surface area contributed by atoms with Crippen LogP contribution in [0.3, 0.4) is 0 Å². The fourth-order valence-corrected chi connectivity index (χ4v) is 2.44. The molecular weight excluding hydrogens is 375 g/mol. The largest absolute Gasteiger partial charge is 0.383 e. The van der Waals surface area contributed by atoms with Crippen LogP contribution in [0.4, 0.5) is 11.4 Å². The molecule has 0 spiro atoms. The number of hydrogen-bond acceptors (Lipinski definition) is 2. The van der Waals surface area contributed by atoms with E-state index in [0.29, 0.717) is 23.0 Å². The van der Waals surface area contributed by atoms with Gasteiger partial charge < -0.3 is 10.6 Å². The maximum atomic E-state index is 11.8. The van der Waals surface area contributed by atoms with Crippen LogP contribution in [0.25, 0.3) is 0 Å². The molecule has 6 heteroatoms. The number of benzene rings is 2. The lowest BCUT2D eigenvalue weighted by molar-refractivity contribution is -0.115. The fraction of sp³-hybridized carbons (Fsp3) is 0.133. The molecule has 2 N–H and O–H groups in total. The average Bonchev–Trinajstić information content (AvgIpc) is 2.44. The van der Waals surface area contributed by atoms with Crippen molar-refractivity contribution in [2.24, 2.45) is 0 Å². The molecule has 0 unspecified atom stereocenters. The van der Waals surface area contributed by atoms with Crippen LogP contribution in [0, 0.1) is 0 Å². The molecule has 0 atom stereocenters. The minimum absolute atomic E-state index is 0.0603. The smallest absolute Gasteiger partial charge is 0.226 e. The third-order valence-electron chi connectivity index (χ3n) is 2.73. The van der Waals surface area contributed by atoms with E-state index < -0.39 is 0 Å².